The number of hydrogen-bond donors (Lipinski definition) is 6. The van der Waals surface area contributed by atoms with Crippen LogP contribution in [0, 0.1) is 5.92 Å². The van der Waals surface area contributed by atoms with Crippen LogP contribution in [0.15, 0.2) is 47.3 Å². The molecule has 63 heavy (non-hydrogen) atoms. The molecule has 334 valence electrons. The number of nitrogens with two attached hydrogens (primary N) is 1. The molecule has 4 aromatic rings. The molecule has 6 heterocycles. The van der Waals surface area contributed by atoms with Crippen LogP contribution in [0.1, 0.15) is 91.1 Å². The average molecular weight is 888 g/mol. The number of primary amides is 1. The number of aryl methyl sites for hydroxylation is 1. The van der Waals surface area contributed by atoms with Gasteiger partial charge in [-0.15, -0.1) is 0 Å². The van der Waals surface area contributed by atoms with Gasteiger partial charge in [0.1, 0.15) is 23.8 Å². The molecular formula is C42H50N9O11P. The van der Waals surface area contributed by atoms with Crippen LogP contribution in [0.2, 0.25) is 0 Å². The largest absolute Gasteiger partial charge is 0.396 e. The summed E-state index contributed by atoms with van der Waals surface area (Å²) in [7, 11) is -3.38. The average Bonchev–Trinajstić information content (AvgIpc) is 3.94. The van der Waals surface area contributed by atoms with E-state index >= 15 is 0 Å². The Morgan fingerprint density at radius 3 is 2.38 bits per heavy atom. The highest BCUT2D eigenvalue weighted by atomic mass is 31.2. The molecule has 4 aliphatic rings. The van der Waals surface area contributed by atoms with E-state index in [9.17, 15) is 52.7 Å². The van der Waals surface area contributed by atoms with Gasteiger partial charge in [0.15, 0.2) is 0 Å². The standard InChI is InChI=1S/C42H50N9O11P/c1-47-34-21-27(7-9-31(34)51(42(47)59)33-11-12-35(52)46-39(33)56)48-16-13-23(14-17-48)3-2-4-36(53)49-18-15-26-6-10-32(37(43)54)50(26)40(57)30(22-49)45-38(55)29-20-25-19-24(5-8-28(25)44-29)41(58)63(60,61)62/h5,7-9,19-21,23,26,30,32-33,44H,2-4,6,10-18,22H2,1H3,(H2,43,54)(H,45,55)(H,46,52,56)(H2,60,61,62)/t26-,30+,32+,33?/m1/s1. The maximum Gasteiger partial charge on any atom is 0.396 e. The Morgan fingerprint density at radius 1 is 0.905 bits per heavy atom. The zero-order valence-electron chi connectivity index (χ0n) is 34.7. The molecule has 2 aromatic heterocycles. The molecule has 20 nitrogen and oxygen atoms in total. The quantitative estimate of drug-likeness (QED) is 0.0921. The number of amides is 6. The summed E-state index contributed by atoms with van der Waals surface area (Å²) in [5.41, 5.74) is 6.45. The van der Waals surface area contributed by atoms with Crippen LogP contribution in [0.4, 0.5) is 5.69 Å². The Kier molecular flexibility index (Phi) is 11.9. The lowest BCUT2D eigenvalue weighted by Crippen LogP contribution is -2.60. The number of H-pyrrole nitrogens is 1. The SMILES string of the molecule is Cn1c(=O)n(C2CCC(=O)NC2=O)c2ccc(N3CCC(CCCC(=O)N4CC[C@H]5CC[C@@H](C(N)=O)N5C(=O)[C@@H](NC(=O)c5cc6cc(C(=O)P(=O)(O)O)ccc6[nH]5)C4)CC3)cc21. The van der Waals surface area contributed by atoms with Crippen LogP contribution >= 0.6 is 7.60 Å². The molecule has 4 aliphatic heterocycles. The van der Waals surface area contributed by atoms with Crippen LogP contribution in [0.5, 0.6) is 0 Å². The van der Waals surface area contributed by atoms with Gasteiger partial charge in [0.2, 0.25) is 29.5 Å². The lowest BCUT2D eigenvalue weighted by atomic mass is 9.91. The molecule has 0 radical (unpaired) electrons. The van der Waals surface area contributed by atoms with E-state index in [-0.39, 0.29) is 60.6 Å². The van der Waals surface area contributed by atoms with Gasteiger partial charge in [-0.1, -0.05) is 0 Å². The van der Waals surface area contributed by atoms with Gasteiger partial charge in [-0.05, 0) is 99.7 Å². The van der Waals surface area contributed by atoms with E-state index in [4.69, 9.17) is 5.73 Å². The van der Waals surface area contributed by atoms with Gasteiger partial charge in [-0.3, -0.25) is 52.6 Å². The number of benzene rings is 2. The zero-order valence-corrected chi connectivity index (χ0v) is 35.6. The smallest absolute Gasteiger partial charge is 0.371 e. The first-order valence-electron chi connectivity index (χ1n) is 21.2. The second-order valence-electron chi connectivity index (χ2n) is 17.1. The minimum Gasteiger partial charge on any atom is -0.371 e. The van der Waals surface area contributed by atoms with Crippen molar-refractivity contribution in [3.8, 4) is 0 Å². The third-order valence-corrected chi connectivity index (χ3v) is 13.9. The van der Waals surface area contributed by atoms with Crippen molar-refractivity contribution >= 4 is 76.2 Å². The number of imidazole rings is 1. The highest BCUT2D eigenvalue weighted by molar-refractivity contribution is 7.70. The van der Waals surface area contributed by atoms with E-state index in [1.54, 1.807) is 11.9 Å². The fraction of sp³-hybridized carbons (Fsp3) is 0.476. The number of piperidine rings is 2. The summed E-state index contributed by atoms with van der Waals surface area (Å²) in [6.07, 6.45) is 5.19. The molecule has 6 amide bonds. The first-order chi connectivity index (χ1) is 30.0. The van der Waals surface area contributed by atoms with Crippen molar-refractivity contribution in [1.82, 2.24) is 34.6 Å². The molecule has 0 saturated carbocycles. The Labute approximate surface area is 360 Å². The van der Waals surface area contributed by atoms with Gasteiger partial charge in [0, 0.05) is 74.3 Å². The maximum atomic E-state index is 14.1. The molecule has 0 bridgehead atoms. The van der Waals surface area contributed by atoms with Crippen molar-refractivity contribution in [2.24, 2.45) is 18.7 Å². The molecule has 4 fully saturated rings. The number of aromatic amines is 1. The minimum atomic E-state index is -5.05. The van der Waals surface area contributed by atoms with Gasteiger partial charge in [0.25, 0.3) is 11.4 Å². The molecule has 4 saturated heterocycles. The summed E-state index contributed by atoms with van der Waals surface area (Å²) in [4.78, 5) is 131. The monoisotopic (exact) mass is 887 g/mol. The number of aromatic nitrogens is 3. The first-order valence-corrected chi connectivity index (χ1v) is 22.8. The second kappa shape index (κ2) is 17.2. The number of carbonyl (C=O) groups excluding carboxylic acids is 7. The summed E-state index contributed by atoms with van der Waals surface area (Å²) in [6.45, 7) is 1.72. The van der Waals surface area contributed by atoms with E-state index < -0.39 is 54.9 Å². The van der Waals surface area contributed by atoms with Crippen molar-refractivity contribution in [3.63, 3.8) is 0 Å². The highest BCUT2D eigenvalue weighted by Crippen LogP contribution is 2.39. The number of nitrogens with one attached hydrogen (secondary N) is 3. The molecular weight excluding hydrogens is 837 g/mol. The Morgan fingerprint density at radius 2 is 1.67 bits per heavy atom. The van der Waals surface area contributed by atoms with E-state index in [1.807, 2.05) is 18.2 Å². The lowest BCUT2D eigenvalue weighted by Gasteiger charge is -2.38. The Balaban J connectivity index is 0.893. The third kappa shape index (κ3) is 8.66. The summed E-state index contributed by atoms with van der Waals surface area (Å²) in [6, 6.07) is 7.84. The highest BCUT2D eigenvalue weighted by Gasteiger charge is 2.45. The number of fused-ring (bicyclic) bond motifs is 3. The fourth-order valence-electron chi connectivity index (χ4n) is 9.74. The Hall–Kier alpha value is -6.11. The summed E-state index contributed by atoms with van der Waals surface area (Å²) < 4.78 is 14.5. The predicted molar refractivity (Wildman–Crippen MR) is 227 cm³/mol. The lowest BCUT2D eigenvalue weighted by molar-refractivity contribution is -0.144. The number of carbonyl (C=O) groups is 7. The maximum absolute atomic E-state index is 14.1. The molecule has 7 N–H and O–H groups in total. The van der Waals surface area contributed by atoms with Crippen LogP contribution in [-0.4, -0.2) is 119 Å². The van der Waals surface area contributed by atoms with Crippen LogP contribution in [0.25, 0.3) is 21.9 Å². The number of anilines is 1. The Bertz CT molecular complexity index is 2660. The topological polar surface area (TPSA) is 280 Å². The fourth-order valence-corrected chi connectivity index (χ4v) is 10.2. The molecule has 0 aliphatic carbocycles. The minimum absolute atomic E-state index is 0.00372. The summed E-state index contributed by atoms with van der Waals surface area (Å²) >= 11 is 0. The van der Waals surface area contributed by atoms with Gasteiger partial charge in [-0.25, -0.2) is 4.79 Å². The van der Waals surface area contributed by atoms with Crippen LogP contribution < -0.4 is 27.0 Å². The predicted octanol–water partition coefficient (Wildman–Crippen LogP) is 1.38. The summed E-state index contributed by atoms with van der Waals surface area (Å²) in [5, 5.41) is 5.41. The molecule has 1 unspecified atom stereocenters. The first kappa shape index (κ1) is 43.5. The number of hydrogen-bond acceptors (Lipinski definition) is 10. The van der Waals surface area contributed by atoms with Gasteiger partial charge in [-0.2, -0.15) is 0 Å². The molecule has 4 atom stereocenters. The van der Waals surface area contributed by atoms with Crippen molar-refractivity contribution < 1.29 is 47.9 Å². The molecule has 0 spiro atoms. The van der Waals surface area contributed by atoms with Crippen molar-refractivity contribution in [2.45, 2.75) is 88.4 Å². The van der Waals surface area contributed by atoms with Crippen molar-refractivity contribution in [3.05, 3.63) is 64.2 Å². The third-order valence-electron chi connectivity index (χ3n) is 13.1. The zero-order chi connectivity index (χ0) is 44.9. The van der Waals surface area contributed by atoms with Crippen LogP contribution in [0.3, 0.4) is 0 Å². The van der Waals surface area contributed by atoms with E-state index in [0.29, 0.717) is 60.1 Å². The van der Waals surface area contributed by atoms with E-state index in [2.05, 4.69) is 20.5 Å². The van der Waals surface area contributed by atoms with Gasteiger partial charge >= 0.3 is 13.3 Å². The molecule has 8 rings (SSSR count). The molecule has 21 heteroatoms. The van der Waals surface area contributed by atoms with E-state index in [1.165, 1.54) is 38.3 Å². The summed E-state index contributed by atoms with van der Waals surface area (Å²) in [5.74, 6) is -2.50. The van der Waals surface area contributed by atoms with Gasteiger partial charge < -0.3 is 40.5 Å². The number of nitrogens with zero attached hydrogens (tertiary/aromatic N) is 5. The second-order valence-corrected chi connectivity index (χ2v) is 18.6. The molecule has 2 aromatic carbocycles. The number of imide groups is 1. The normalized spacial score (nSPS) is 22.5. The van der Waals surface area contributed by atoms with E-state index in [0.717, 1.165) is 38.0 Å². The number of rotatable bonds is 11. The van der Waals surface area contributed by atoms with Gasteiger partial charge in [0.05, 0.1) is 11.0 Å². The van der Waals surface area contributed by atoms with Crippen LogP contribution in [-0.2, 0) is 35.6 Å². The van der Waals surface area contributed by atoms with Crippen molar-refractivity contribution in [2.75, 3.05) is 31.1 Å². The van der Waals surface area contributed by atoms with Crippen molar-refractivity contribution in [1.29, 1.82) is 0 Å².